The van der Waals surface area contributed by atoms with Crippen LogP contribution in [0.2, 0.25) is 0 Å². The highest BCUT2D eigenvalue weighted by atomic mass is 16.2. The fourth-order valence-corrected chi connectivity index (χ4v) is 3.06. The van der Waals surface area contributed by atoms with Gasteiger partial charge in [-0.1, -0.05) is 44.2 Å². The number of anilines is 1. The minimum Gasteiger partial charge on any atom is -0.348 e. The van der Waals surface area contributed by atoms with Gasteiger partial charge in [0.2, 0.25) is 5.91 Å². The molecule has 3 rings (SSSR count). The Bertz CT molecular complexity index is 1010. The molecule has 1 heterocycles. The van der Waals surface area contributed by atoms with Gasteiger partial charge in [0.05, 0.1) is 22.6 Å². The van der Waals surface area contributed by atoms with Crippen molar-refractivity contribution in [3.8, 4) is 5.69 Å². The summed E-state index contributed by atoms with van der Waals surface area (Å²) in [6, 6.07) is 17.2. The van der Waals surface area contributed by atoms with Crippen molar-refractivity contribution in [3.63, 3.8) is 0 Å². The van der Waals surface area contributed by atoms with Gasteiger partial charge in [-0.05, 0) is 43.7 Å². The molecule has 6 nitrogen and oxygen atoms in total. The summed E-state index contributed by atoms with van der Waals surface area (Å²) in [6.07, 6.45) is 0. The quantitative estimate of drug-likeness (QED) is 0.668. The van der Waals surface area contributed by atoms with Gasteiger partial charge in [0, 0.05) is 18.2 Å². The Balaban J connectivity index is 1.67. The molecule has 0 saturated heterocycles. The van der Waals surface area contributed by atoms with Crippen molar-refractivity contribution in [2.45, 2.75) is 34.2 Å². The Morgan fingerprint density at radius 1 is 1.00 bits per heavy atom. The minimum atomic E-state index is -0.153. The van der Waals surface area contributed by atoms with Gasteiger partial charge in [0.25, 0.3) is 5.91 Å². The number of carbonyl (C=O) groups excluding carboxylic acids is 2. The van der Waals surface area contributed by atoms with Crippen LogP contribution in [0.3, 0.4) is 0 Å². The van der Waals surface area contributed by atoms with Gasteiger partial charge in [-0.3, -0.25) is 9.59 Å². The molecule has 2 N–H and O–H groups in total. The van der Waals surface area contributed by atoms with Gasteiger partial charge in [0.1, 0.15) is 0 Å². The maximum Gasteiger partial charge on any atom is 0.255 e. The number of nitrogens with one attached hydrogen (secondary N) is 2. The Hall–Kier alpha value is -3.41. The SMILES string of the molecule is Cc1nn(-c2ccccc2)c(C)c1C(=O)NCc1ccc(NC(=O)C(C)C)cc1. The molecule has 0 spiro atoms. The van der Waals surface area contributed by atoms with Crippen LogP contribution in [0.15, 0.2) is 54.6 Å². The van der Waals surface area contributed by atoms with E-state index >= 15 is 0 Å². The van der Waals surface area contributed by atoms with E-state index in [1.165, 1.54) is 0 Å². The van der Waals surface area contributed by atoms with Crippen molar-refractivity contribution in [1.82, 2.24) is 15.1 Å². The third-order valence-corrected chi connectivity index (χ3v) is 4.72. The van der Waals surface area contributed by atoms with Crippen LogP contribution in [0.25, 0.3) is 5.69 Å². The predicted molar refractivity (Wildman–Crippen MR) is 114 cm³/mol. The second-order valence-electron chi connectivity index (χ2n) is 7.32. The third-order valence-electron chi connectivity index (χ3n) is 4.72. The molecular weight excluding hydrogens is 364 g/mol. The van der Waals surface area contributed by atoms with Crippen LogP contribution in [0.5, 0.6) is 0 Å². The Morgan fingerprint density at radius 3 is 2.28 bits per heavy atom. The highest BCUT2D eigenvalue weighted by Crippen LogP contribution is 2.18. The van der Waals surface area contributed by atoms with Crippen LogP contribution in [0.1, 0.15) is 41.2 Å². The van der Waals surface area contributed by atoms with Crippen LogP contribution in [0.4, 0.5) is 5.69 Å². The molecule has 1 aromatic heterocycles. The first kappa shape index (κ1) is 20.3. The van der Waals surface area contributed by atoms with Gasteiger partial charge in [-0.2, -0.15) is 5.10 Å². The van der Waals surface area contributed by atoms with Crippen molar-refractivity contribution in [3.05, 3.63) is 77.1 Å². The number of rotatable bonds is 6. The maximum absolute atomic E-state index is 12.8. The lowest BCUT2D eigenvalue weighted by atomic mass is 10.1. The van der Waals surface area contributed by atoms with E-state index < -0.39 is 0 Å². The molecule has 3 aromatic rings. The van der Waals surface area contributed by atoms with Crippen LogP contribution >= 0.6 is 0 Å². The molecule has 0 aliphatic rings. The molecule has 0 atom stereocenters. The Kier molecular flexibility index (Phi) is 6.12. The molecular formula is C23H26N4O2. The zero-order valence-corrected chi connectivity index (χ0v) is 17.2. The average Bonchev–Trinajstić information content (AvgIpc) is 3.02. The topological polar surface area (TPSA) is 76.0 Å². The maximum atomic E-state index is 12.8. The zero-order chi connectivity index (χ0) is 21.0. The molecule has 6 heteroatoms. The van der Waals surface area contributed by atoms with E-state index in [0.29, 0.717) is 17.8 Å². The van der Waals surface area contributed by atoms with Crippen molar-refractivity contribution in [2.24, 2.45) is 5.92 Å². The molecule has 0 aliphatic carbocycles. The number of amides is 2. The van der Waals surface area contributed by atoms with Crippen molar-refractivity contribution in [1.29, 1.82) is 0 Å². The van der Waals surface area contributed by atoms with E-state index in [1.54, 1.807) is 4.68 Å². The molecule has 0 fully saturated rings. The van der Waals surface area contributed by atoms with Gasteiger partial charge < -0.3 is 10.6 Å². The first-order chi connectivity index (χ1) is 13.9. The summed E-state index contributed by atoms with van der Waals surface area (Å²) in [7, 11) is 0. The summed E-state index contributed by atoms with van der Waals surface area (Å²) < 4.78 is 1.79. The summed E-state index contributed by atoms with van der Waals surface area (Å²) in [5.41, 5.74) is 4.70. The number of aryl methyl sites for hydroxylation is 1. The number of benzene rings is 2. The standard InChI is InChI=1S/C23H26N4O2/c1-15(2)22(28)25-19-12-10-18(11-13-19)14-24-23(29)21-16(3)26-27(17(21)4)20-8-6-5-7-9-20/h5-13,15H,14H2,1-4H3,(H,24,29)(H,25,28). The van der Waals surface area contributed by atoms with E-state index in [2.05, 4.69) is 15.7 Å². The Labute approximate surface area is 170 Å². The number of hydrogen-bond donors (Lipinski definition) is 2. The fraction of sp³-hybridized carbons (Fsp3) is 0.261. The summed E-state index contributed by atoms with van der Waals surface area (Å²) in [5.74, 6) is -0.246. The van der Waals surface area contributed by atoms with E-state index in [1.807, 2.05) is 82.3 Å². The molecule has 150 valence electrons. The van der Waals surface area contributed by atoms with Crippen LogP contribution in [-0.4, -0.2) is 21.6 Å². The Morgan fingerprint density at radius 2 is 1.66 bits per heavy atom. The van der Waals surface area contributed by atoms with E-state index in [9.17, 15) is 9.59 Å². The average molecular weight is 390 g/mol. The second-order valence-corrected chi connectivity index (χ2v) is 7.32. The number of carbonyl (C=O) groups is 2. The molecule has 0 saturated carbocycles. The third kappa shape index (κ3) is 4.71. The monoisotopic (exact) mass is 390 g/mol. The lowest BCUT2D eigenvalue weighted by molar-refractivity contribution is -0.118. The smallest absolute Gasteiger partial charge is 0.255 e. The number of nitrogens with zero attached hydrogens (tertiary/aromatic N) is 2. The van der Waals surface area contributed by atoms with E-state index in [4.69, 9.17) is 0 Å². The van der Waals surface area contributed by atoms with Crippen molar-refractivity contribution >= 4 is 17.5 Å². The predicted octanol–water partition coefficient (Wildman–Crippen LogP) is 4.01. The molecule has 0 bridgehead atoms. The van der Waals surface area contributed by atoms with Gasteiger partial charge in [0.15, 0.2) is 0 Å². The fourth-order valence-electron chi connectivity index (χ4n) is 3.06. The summed E-state index contributed by atoms with van der Waals surface area (Å²) in [5, 5.41) is 10.3. The number of para-hydroxylation sites is 1. The summed E-state index contributed by atoms with van der Waals surface area (Å²) in [4.78, 5) is 24.5. The first-order valence-corrected chi connectivity index (χ1v) is 9.66. The van der Waals surface area contributed by atoms with E-state index in [0.717, 1.165) is 22.6 Å². The van der Waals surface area contributed by atoms with Crippen molar-refractivity contribution in [2.75, 3.05) is 5.32 Å². The lowest BCUT2D eigenvalue weighted by Crippen LogP contribution is -2.24. The highest BCUT2D eigenvalue weighted by molar-refractivity contribution is 5.96. The van der Waals surface area contributed by atoms with Crippen molar-refractivity contribution < 1.29 is 9.59 Å². The largest absolute Gasteiger partial charge is 0.348 e. The molecule has 2 amide bonds. The highest BCUT2D eigenvalue weighted by Gasteiger charge is 2.19. The van der Waals surface area contributed by atoms with Crippen LogP contribution in [0, 0.1) is 19.8 Å². The minimum absolute atomic E-state index is 0.0209. The zero-order valence-electron chi connectivity index (χ0n) is 17.2. The van der Waals surface area contributed by atoms with Gasteiger partial charge >= 0.3 is 0 Å². The lowest BCUT2D eigenvalue weighted by Gasteiger charge is -2.09. The number of hydrogen-bond acceptors (Lipinski definition) is 3. The molecule has 29 heavy (non-hydrogen) atoms. The molecule has 2 aromatic carbocycles. The van der Waals surface area contributed by atoms with Crippen LogP contribution < -0.4 is 10.6 Å². The molecule has 0 aliphatic heterocycles. The van der Waals surface area contributed by atoms with Gasteiger partial charge in [-0.25, -0.2) is 4.68 Å². The number of aromatic nitrogens is 2. The molecule has 0 unspecified atom stereocenters. The second kappa shape index (κ2) is 8.73. The van der Waals surface area contributed by atoms with E-state index in [-0.39, 0.29) is 17.7 Å². The van der Waals surface area contributed by atoms with Crippen LogP contribution in [-0.2, 0) is 11.3 Å². The first-order valence-electron chi connectivity index (χ1n) is 9.66. The molecule has 0 radical (unpaired) electrons. The van der Waals surface area contributed by atoms with Gasteiger partial charge in [-0.15, -0.1) is 0 Å². The summed E-state index contributed by atoms with van der Waals surface area (Å²) in [6.45, 7) is 7.83. The summed E-state index contributed by atoms with van der Waals surface area (Å²) >= 11 is 0. The normalized spacial score (nSPS) is 10.8.